The van der Waals surface area contributed by atoms with Crippen LogP contribution in [0, 0.1) is 0 Å². The van der Waals surface area contributed by atoms with Crippen molar-refractivity contribution < 1.29 is 14.7 Å². The molecular weight excluding hydrogens is 339 g/mol. The van der Waals surface area contributed by atoms with Gasteiger partial charge in [-0.05, 0) is 36.4 Å². The standard InChI is InChI=1S/C16H14Cl2N2O3/c17-11-4-5-13(14(18)9-11)16(23)20-7-6-19-15(22)10-2-1-3-12(21)8-10/h1-5,8-9,21H,6-7H2,(H,19,22)(H,20,23). The summed E-state index contributed by atoms with van der Waals surface area (Å²) in [5.74, 6) is -0.665. The summed E-state index contributed by atoms with van der Waals surface area (Å²) >= 11 is 11.7. The number of hydrogen-bond donors (Lipinski definition) is 3. The lowest BCUT2D eigenvalue weighted by molar-refractivity contribution is 0.0927. The lowest BCUT2D eigenvalue weighted by atomic mass is 10.2. The molecule has 0 spiro atoms. The van der Waals surface area contributed by atoms with Gasteiger partial charge in [0.05, 0.1) is 10.6 Å². The first-order valence-corrected chi connectivity index (χ1v) is 7.53. The molecule has 0 fully saturated rings. The molecule has 0 aliphatic carbocycles. The van der Waals surface area contributed by atoms with E-state index in [1.165, 1.54) is 24.3 Å². The van der Waals surface area contributed by atoms with Crippen molar-refractivity contribution in [2.75, 3.05) is 13.1 Å². The van der Waals surface area contributed by atoms with Crippen LogP contribution in [0.25, 0.3) is 0 Å². The van der Waals surface area contributed by atoms with E-state index in [-0.39, 0.29) is 35.7 Å². The summed E-state index contributed by atoms with van der Waals surface area (Å²) in [5, 5.41) is 15.3. The second-order valence-electron chi connectivity index (χ2n) is 4.69. The molecule has 5 nitrogen and oxygen atoms in total. The van der Waals surface area contributed by atoms with Gasteiger partial charge in [0.15, 0.2) is 0 Å². The maximum Gasteiger partial charge on any atom is 0.252 e. The molecule has 2 rings (SSSR count). The minimum Gasteiger partial charge on any atom is -0.508 e. The molecule has 0 unspecified atom stereocenters. The lowest BCUT2D eigenvalue weighted by Gasteiger charge is -2.08. The van der Waals surface area contributed by atoms with E-state index in [1.807, 2.05) is 0 Å². The zero-order chi connectivity index (χ0) is 16.8. The van der Waals surface area contributed by atoms with Crippen LogP contribution in [0.2, 0.25) is 10.0 Å². The van der Waals surface area contributed by atoms with Gasteiger partial charge in [0, 0.05) is 23.7 Å². The van der Waals surface area contributed by atoms with Gasteiger partial charge in [0.1, 0.15) is 5.75 Å². The molecule has 2 aromatic carbocycles. The molecule has 0 heterocycles. The fraction of sp³-hybridized carbons (Fsp3) is 0.125. The first-order valence-electron chi connectivity index (χ1n) is 6.78. The third-order valence-electron chi connectivity index (χ3n) is 2.98. The Bertz CT molecular complexity index is 735. The van der Waals surface area contributed by atoms with Crippen molar-refractivity contribution in [2.24, 2.45) is 0 Å². The van der Waals surface area contributed by atoms with Gasteiger partial charge in [0.2, 0.25) is 0 Å². The number of benzene rings is 2. The van der Waals surface area contributed by atoms with Crippen LogP contribution >= 0.6 is 23.2 Å². The Kier molecular flexibility index (Phi) is 5.84. The molecule has 0 saturated carbocycles. The van der Waals surface area contributed by atoms with Gasteiger partial charge in [-0.2, -0.15) is 0 Å². The van der Waals surface area contributed by atoms with Crippen LogP contribution in [-0.2, 0) is 0 Å². The van der Waals surface area contributed by atoms with Crippen molar-refractivity contribution in [3.05, 3.63) is 63.6 Å². The molecular formula is C16H14Cl2N2O3. The van der Waals surface area contributed by atoms with Crippen molar-refractivity contribution in [1.29, 1.82) is 0 Å². The highest BCUT2D eigenvalue weighted by atomic mass is 35.5. The number of hydrogen-bond acceptors (Lipinski definition) is 3. The van der Waals surface area contributed by atoms with Crippen LogP contribution in [0.3, 0.4) is 0 Å². The fourth-order valence-corrected chi connectivity index (χ4v) is 2.36. The average Bonchev–Trinajstić information content (AvgIpc) is 2.51. The Morgan fingerprint density at radius 1 is 0.957 bits per heavy atom. The number of phenolic OH excluding ortho intramolecular Hbond substituents is 1. The maximum absolute atomic E-state index is 12.0. The summed E-state index contributed by atoms with van der Waals surface area (Å²) in [4.78, 5) is 23.8. The predicted molar refractivity (Wildman–Crippen MR) is 89.2 cm³/mol. The smallest absolute Gasteiger partial charge is 0.252 e. The van der Waals surface area contributed by atoms with Crippen LogP contribution in [0.15, 0.2) is 42.5 Å². The number of aromatic hydroxyl groups is 1. The average molecular weight is 353 g/mol. The summed E-state index contributed by atoms with van der Waals surface area (Å²) in [6.45, 7) is 0.480. The number of rotatable bonds is 5. The SMILES string of the molecule is O=C(NCCNC(=O)c1ccc(Cl)cc1Cl)c1cccc(O)c1. The molecule has 120 valence electrons. The topological polar surface area (TPSA) is 78.4 Å². The molecule has 0 aliphatic rings. The lowest BCUT2D eigenvalue weighted by Crippen LogP contribution is -2.34. The quantitative estimate of drug-likeness (QED) is 0.724. The highest BCUT2D eigenvalue weighted by molar-refractivity contribution is 6.36. The van der Waals surface area contributed by atoms with Crippen LogP contribution in [0.4, 0.5) is 0 Å². The summed E-state index contributed by atoms with van der Waals surface area (Å²) in [5.41, 5.74) is 0.660. The van der Waals surface area contributed by atoms with Gasteiger partial charge >= 0.3 is 0 Å². The van der Waals surface area contributed by atoms with Gasteiger partial charge in [-0.1, -0.05) is 29.3 Å². The van der Waals surface area contributed by atoms with Crippen molar-refractivity contribution in [3.63, 3.8) is 0 Å². The summed E-state index contributed by atoms with van der Waals surface area (Å²) in [6.07, 6.45) is 0. The zero-order valence-corrected chi connectivity index (χ0v) is 13.5. The van der Waals surface area contributed by atoms with Crippen LogP contribution < -0.4 is 10.6 Å². The van der Waals surface area contributed by atoms with Crippen molar-refractivity contribution in [2.45, 2.75) is 0 Å². The summed E-state index contributed by atoms with van der Waals surface area (Å²) in [7, 11) is 0. The van der Waals surface area contributed by atoms with Gasteiger partial charge in [-0.3, -0.25) is 9.59 Å². The number of amides is 2. The van der Waals surface area contributed by atoms with Crippen LogP contribution in [0.5, 0.6) is 5.75 Å². The van der Waals surface area contributed by atoms with Crippen molar-refractivity contribution >= 4 is 35.0 Å². The van der Waals surface area contributed by atoms with E-state index in [0.29, 0.717) is 16.1 Å². The molecule has 0 radical (unpaired) electrons. The van der Waals surface area contributed by atoms with Crippen LogP contribution in [0.1, 0.15) is 20.7 Å². The Hall–Kier alpha value is -2.24. The van der Waals surface area contributed by atoms with Crippen molar-refractivity contribution in [3.8, 4) is 5.75 Å². The highest BCUT2D eigenvalue weighted by Gasteiger charge is 2.10. The normalized spacial score (nSPS) is 10.2. The van der Waals surface area contributed by atoms with E-state index in [9.17, 15) is 14.7 Å². The Morgan fingerprint density at radius 3 is 2.30 bits per heavy atom. The highest BCUT2D eigenvalue weighted by Crippen LogP contribution is 2.20. The third kappa shape index (κ3) is 4.87. The number of carbonyl (C=O) groups is 2. The van der Waals surface area contributed by atoms with Crippen molar-refractivity contribution in [1.82, 2.24) is 10.6 Å². The largest absolute Gasteiger partial charge is 0.508 e. The van der Waals surface area contributed by atoms with E-state index >= 15 is 0 Å². The summed E-state index contributed by atoms with van der Waals surface area (Å²) < 4.78 is 0. The molecule has 0 atom stereocenters. The van der Waals surface area contributed by atoms with E-state index in [1.54, 1.807) is 18.2 Å². The molecule has 23 heavy (non-hydrogen) atoms. The number of halogens is 2. The Labute approximate surface area is 143 Å². The van der Waals surface area contributed by atoms with E-state index in [0.717, 1.165) is 0 Å². The molecule has 3 N–H and O–H groups in total. The zero-order valence-electron chi connectivity index (χ0n) is 12.0. The fourth-order valence-electron chi connectivity index (χ4n) is 1.87. The molecule has 0 saturated heterocycles. The Morgan fingerprint density at radius 2 is 1.65 bits per heavy atom. The predicted octanol–water partition coefficient (Wildman–Crippen LogP) is 2.86. The first kappa shape index (κ1) is 17.1. The molecule has 0 aromatic heterocycles. The van der Waals surface area contributed by atoms with Gasteiger partial charge in [0.25, 0.3) is 11.8 Å². The molecule has 7 heteroatoms. The molecule has 2 aromatic rings. The van der Waals surface area contributed by atoms with Crippen LogP contribution in [-0.4, -0.2) is 30.0 Å². The second kappa shape index (κ2) is 7.85. The first-order chi connectivity index (χ1) is 11.0. The molecule has 0 aliphatic heterocycles. The maximum atomic E-state index is 12.0. The minimum atomic E-state index is -0.349. The Balaban J connectivity index is 1.81. The molecule has 2 amide bonds. The van der Waals surface area contributed by atoms with E-state index in [4.69, 9.17) is 23.2 Å². The second-order valence-corrected chi connectivity index (χ2v) is 5.53. The number of carbonyl (C=O) groups excluding carboxylic acids is 2. The number of nitrogens with one attached hydrogen (secondary N) is 2. The van der Waals surface area contributed by atoms with Gasteiger partial charge in [-0.25, -0.2) is 0 Å². The number of phenols is 1. The van der Waals surface area contributed by atoms with E-state index < -0.39 is 0 Å². The summed E-state index contributed by atoms with van der Waals surface area (Å²) in [6, 6.07) is 10.6. The molecule has 0 bridgehead atoms. The van der Waals surface area contributed by atoms with Gasteiger partial charge < -0.3 is 15.7 Å². The third-order valence-corrected chi connectivity index (χ3v) is 3.53. The minimum absolute atomic E-state index is 0.0170. The van der Waals surface area contributed by atoms with Gasteiger partial charge in [-0.15, -0.1) is 0 Å². The monoisotopic (exact) mass is 352 g/mol. The van der Waals surface area contributed by atoms with E-state index in [2.05, 4.69) is 10.6 Å².